The van der Waals surface area contributed by atoms with Crippen molar-refractivity contribution >= 4 is 11.9 Å². The van der Waals surface area contributed by atoms with Crippen LogP contribution in [0.1, 0.15) is 38.8 Å². The number of ether oxygens (including phenoxy) is 1. The molecule has 1 atom stereocenters. The van der Waals surface area contributed by atoms with E-state index in [0.717, 1.165) is 11.3 Å². The quantitative estimate of drug-likeness (QED) is 0.827. The van der Waals surface area contributed by atoms with Gasteiger partial charge in [-0.05, 0) is 30.7 Å². The molecule has 0 saturated heterocycles. The lowest BCUT2D eigenvalue weighted by atomic mass is 9.87. The first kappa shape index (κ1) is 17.7. The molecule has 0 fully saturated rings. The van der Waals surface area contributed by atoms with Crippen LogP contribution in [-0.2, 0) is 14.3 Å². The van der Waals surface area contributed by atoms with E-state index in [1.807, 2.05) is 43.5 Å². The van der Waals surface area contributed by atoms with Gasteiger partial charge >= 0.3 is 5.97 Å². The first-order valence-corrected chi connectivity index (χ1v) is 7.81. The summed E-state index contributed by atoms with van der Waals surface area (Å²) in [7, 11) is 1.32. The van der Waals surface area contributed by atoms with E-state index in [9.17, 15) is 9.59 Å². The fourth-order valence-corrected chi connectivity index (χ4v) is 2.35. The minimum absolute atomic E-state index is 0.0371. The van der Waals surface area contributed by atoms with Crippen LogP contribution in [-0.4, -0.2) is 28.8 Å². The molecule has 0 aliphatic carbocycles. The number of methoxy groups -OCH3 is 1. The number of carbonyl (C=O) groups excluding carboxylic acids is 2. The first-order chi connectivity index (χ1) is 11.3. The monoisotopic (exact) mass is 329 g/mol. The minimum Gasteiger partial charge on any atom is -0.469 e. The Labute approximate surface area is 141 Å². The topological polar surface area (TPSA) is 73.2 Å². The summed E-state index contributed by atoms with van der Waals surface area (Å²) >= 11 is 0. The number of nitrogens with zero attached hydrogens (tertiary/aromatic N) is 2. The molecule has 128 valence electrons. The number of amides is 1. The Morgan fingerprint density at radius 3 is 2.71 bits per heavy atom. The fourth-order valence-electron chi connectivity index (χ4n) is 2.35. The van der Waals surface area contributed by atoms with Gasteiger partial charge in [0.15, 0.2) is 0 Å². The third-order valence-corrected chi connectivity index (χ3v) is 3.92. The maximum atomic E-state index is 12.5. The molecule has 1 heterocycles. The minimum atomic E-state index is -0.832. The van der Waals surface area contributed by atoms with Gasteiger partial charge in [-0.15, -0.1) is 0 Å². The molecule has 2 aromatic rings. The SMILES string of the molecule is COC(=O)CC(C)(C)C(=O)N[C@H](C)c1cccc(-n2cccn2)c1. The molecule has 1 aromatic carbocycles. The van der Waals surface area contributed by atoms with Gasteiger partial charge in [0, 0.05) is 12.4 Å². The third-order valence-electron chi connectivity index (χ3n) is 3.92. The predicted molar refractivity (Wildman–Crippen MR) is 90.5 cm³/mol. The van der Waals surface area contributed by atoms with Crippen molar-refractivity contribution in [1.29, 1.82) is 0 Å². The van der Waals surface area contributed by atoms with E-state index in [4.69, 9.17) is 0 Å². The molecule has 0 aliphatic heterocycles. The normalized spacial score (nSPS) is 12.5. The van der Waals surface area contributed by atoms with Gasteiger partial charge in [-0.3, -0.25) is 9.59 Å². The Hall–Kier alpha value is -2.63. The van der Waals surface area contributed by atoms with Crippen molar-refractivity contribution in [2.75, 3.05) is 7.11 Å². The summed E-state index contributed by atoms with van der Waals surface area (Å²) < 4.78 is 6.42. The van der Waals surface area contributed by atoms with E-state index in [1.54, 1.807) is 24.7 Å². The number of hydrogen-bond donors (Lipinski definition) is 1. The molecular formula is C18H23N3O3. The lowest BCUT2D eigenvalue weighted by Gasteiger charge is -2.25. The Morgan fingerprint density at radius 2 is 2.08 bits per heavy atom. The van der Waals surface area contributed by atoms with Gasteiger partial charge in [0.25, 0.3) is 0 Å². The molecule has 0 spiro atoms. The van der Waals surface area contributed by atoms with Gasteiger partial charge < -0.3 is 10.1 Å². The Kier molecular flexibility index (Phi) is 5.39. The largest absolute Gasteiger partial charge is 0.469 e. The van der Waals surface area contributed by atoms with Gasteiger partial charge in [-0.1, -0.05) is 26.0 Å². The molecule has 0 saturated carbocycles. The molecule has 1 N–H and O–H groups in total. The van der Waals surface area contributed by atoms with Crippen LogP contribution < -0.4 is 5.32 Å². The highest BCUT2D eigenvalue weighted by molar-refractivity contribution is 5.86. The van der Waals surface area contributed by atoms with E-state index in [0.29, 0.717) is 0 Å². The van der Waals surface area contributed by atoms with Crippen LogP contribution in [0.2, 0.25) is 0 Å². The number of hydrogen-bond acceptors (Lipinski definition) is 4. The van der Waals surface area contributed by atoms with Crippen LogP contribution in [0.3, 0.4) is 0 Å². The van der Waals surface area contributed by atoms with Crippen molar-refractivity contribution in [3.63, 3.8) is 0 Å². The van der Waals surface area contributed by atoms with Crippen molar-refractivity contribution < 1.29 is 14.3 Å². The van der Waals surface area contributed by atoms with Crippen LogP contribution in [0.25, 0.3) is 5.69 Å². The van der Waals surface area contributed by atoms with Crippen molar-refractivity contribution in [2.24, 2.45) is 5.41 Å². The van der Waals surface area contributed by atoms with E-state index in [2.05, 4.69) is 15.2 Å². The van der Waals surface area contributed by atoms with Gasteiger partial charge in [-0.25, -0.2) is 4.68 Å². The average molecular weight is 329 g/mol. The second-order valence-corrected chi connectivity index (χ2v) is 6.38. The maximum Gasteiger partial charge on any atom is 0.306 e. The number of benzene rings is 1. The lowest BCUT2D eigenvalue weighted by Crippen LogP contribution is -2.39. The second-order valence-electron chi connectivity index (χ2n) is 6.38. The standard InChI is InChI=1S/C18H23N3O3/c1-13(20-17(23)18(2,3)12-16(22)24-4)14-7-5-8-15(11-14)21-10-6-9-19-21/h5-11,13H,12H2,1-4H3,(H,20,23)/t13-/m1/s1. The molecule has 0 unspecified atom stereocenters. The van der Waals surface area contributed by atoms with E-state index in [1.165, 1.54) is 7.11 Å². The van der Waals surface area contributed by atoms with Crippen molar-refractivity contribution in [3.8, 4) is 5.69 Å². The number of rotatable bonds is 6. The summed E-state index contributed by atoms with van der Waals surface area (Å²) in [6, 6.07) is 9.47. The van der Waals surface area contributed by atoms with Crippen LogP contribution in [0.4, 0.5) is 0 Å². The van der Waals surface area contributed by atoms with Crippen LogP contribution in [0.15, 0.2) is 42.7 Å². The molecule has 24 heavy (non-hydrogen) atoms. The predicted octanol–water partition coefficient (Wildman–Crippen LogP) is 2.64. The molecule has 6 heteroatoms. The van der Waals surface area contributed by atoms with Gasteiger partial charge in [0.05, 0.1) is 30.7 Å². The zero-order valence-electron chi connectivity index (χ0n) is 14.4. The molecule has 6 nitrogen and oxygen atoms in total. The lowest BCUT2D eigenvalue weighted by molar-refractivity contribution is -0.147. The van der Waals surface area contributed by atoms with Crippen LogP contribution in [0.5, 0.6) is 0 Å². The van der Waals surface area contributed by atoms with Crippen LogP contribution in [0, 0.1) is 5.41 Å². The zero-order valence-corrected chi connectivity index (χ0v) is 14.4. The number of aromatic nitrogens is 2. The van der Waals surface area contributed by atoms with Crippen molar-refractivity contribution in [2.45, 2.75) is 33.2 Å². The smallest absolute Gasteiger partial charge is 0.306 e. The van der Waals surface area contributed by atoms with Crippen molar-refractivity contribution in [3.05, 3.63) is 48.3 Å². The number of esters is 1. The highest BCUT2D eigenvalue weighted by atomic mass is 16.5. The zero-order chi connectivity index (χ0) is 17.7. The third kappa shape index (κ3) is 4.22. The summed E-state index contributed by atoms with van der Waals surface area (Å²) in [5.41, 5.74) is 1.05. The second kappa shape index (κ2) is 7.29. The van der Waals surface area contributed by atoms with E-state index >= 15 is 0 Å². The highest BCUT2D eigenvalue weighted by Crippen LogP contribution is 2.24. The number of nitrogens with one attached hydrogen (secondary N) is 1. The molecule has 0 radical (unpaired) electrons. The van der Waals surface area contributed by atoms with Gasteiger partial charge in [0.1, 0.15) is 0 Å². The van der Waals surface area contributed by atoms with E-state index in [-0.39, 0.29) is 18.4 Å². The summed E-state index contributed by atoms with van der Waals surface area (Å²) in [4.78, 5) is 23.9. The first-order valence-electron chi connectivity index (χ1n) is 7.81. The Bertz CT molecular complexity index is 708. The average Bonchev–Trinajstić information content (AvgIpc) is 3.08. The Balaban J connectivity index is 2.09. The summed E-state index contributed by atoms with van der Waals surface area (Å²) in [6.45, 7) is 5.37. The molecule has 1 aromatic heterocycles. The highest BCUT2D eigenvalue weighted by Gasteiger charge is 2.31. The summed E-state index contributed by atoms with van der Waals surface area (Å²) in [5, 5.41) is 7.17. The molecular weight excluding hydrogens is 306 g/mol. The van der Waals surface area contributed by atoms with Crippen molar-refractivity contribution in [1.82, 2.24) is 15.1 Å². The maximum absolute atomic E-state index is 12.5. The fraction of sp³-hybridized carbons (Fsp3) is 0.389. The molecule has 0 aliphatic rings. The van der Waals surface area contributed by atoms with E-state index < -0.39 is 11.4 Å². The van der Waals surface area contributed by atoms with Crippen LogP contribution >= 0.6 is 0 Å². The number of carbonyl (C=O) groups is 2. The van der Waals surface area contributed by atoms with Gasteiger partial charge in [-0.2, -0.15) is 5.10 Å². The summed E-state index contributed by atoms with van der Waals surface area (Å²) in [5.74, 6) is -0.589. The molecule has 1 amide bonds. The molecule has 2 rings (SSSR count). The molecule has 0 bridgehead atoms. The van der Waals surface area contributed by atoms with Gasteiger partial charge in [0.2, 0.25) is 5.91 Å². The summed E-state index contributed by atoms with van der Waals surface area (Å²) in [6.07, 6.45) is 3.62. The Morgan fingerprint density at radius 1 is 1.33 bits per heavy atom.